The number of amides is 2. The van der Waals surface area contributed by atoms with Crippen LogP contribution in [0.5, 0.6) is 0 Å². The Morgan fingerprint density at radius 3 is 1.86 bits per heavy atom. The molecule has 0 radical (unpaired) electrons. The first kappa shape index (κ1) is 30.7. The van der Waals surface area contributed by atoms with E-state index in [0.717, 1.165) is 25.0 Å². The second-order valence-electron chi connectivity index (χ2n) is 7.73. The van der Waals surface area contributed by atoms with Crippen molar-refractivity contribution >= 4 is 33.5 Å². The molecule has 0 saturated carbocycles. The molecule has 35 heavy (non-hydrogen) atoms. The molecular formula is C24H27N2NaO7S. The fourth-order valence-electron chi connectivity index (χ4n) is 3.07. The predicted octanol–water partition coefficient (Wildman–Crippen LogP) is -0.280. The minimum atomic E-state index is -4.88. The number of carbonyl (C=O) groups excluding carboxylic acids is 4. The summed E-state index contributed by atoms with van der Waals surface area (Å²) in [6, 6.07) is 9.33. The van der Waals surface area contributed by atoms with Crippen LogP contribution in [0.3, 0.4) is 0 Å². The molecule has 2 aromatic carbocycles. The number of Topliss-reactive ketones (excluding diaryl/α,β-unsaturated/α-hetero) is 2. The molecule has 0 heterocycles. The molecule has 2 amide bonds. The number of benzene rings is 2. The summed E-state index contributed by atoms with van der Waals surface area (Å²) in [5, 5.41) is 5.28. The van der Waals surface area contributed by atoms with Crippen molar-refractivity contribution in [3.8, 4) is 0 Å². The first-order chi connectivity index (χ1) is 16.0. The van der Waals surface area contributed by atoms with Crippen LogP contribution in [0.2, 0.25) is 0 Å². The van der Waals surface area contributed by atoms with Gasteiger partial charge in [0.2, 0.25) is 0 Å². The van der Waals surface area contributed by atoms with Crippen LogP contribution in [0.15, 0.2) is 47.4 Å². The van der Waals surface area contributed by atoms with Crippen LogP contribution in [0, 0.1) is 0 Å². The molecule has 0 atom stereocenters. The number of unbranched alkanes of at least 4 members (excludes halogenated alkanes) is 1. The monoisotopic (exact) mass is 510 g/mol. The normalized spacial score (nSPS) is 10.7. The van der Waals surface area contributed by atoms with E-state index in [1.165, 1.54) is 25.1 Å². The van der Waals surface area contributed by atoms with E-state index < -0.39 is 26.7 Å². The summed E-state index contributed by atoms with van der Waals surface area (Å²) in [6.45, 7) is 3.92. The second kappa shape index (κ2) is 14.3. The van der Waals surface area contributed by atoms with Crippen LogP contribution in [0.1, 0.15) is 81.0 Å². The zero-order chi connectivity index (χ0) is 25.3. The van der Waals surface area contributed by atoms with Gasteiger partial charge in [-0.15, -0.1) is 0 Å². The van der Waals surface area contributed by atoms with E-state index in [0.29, 0.717) is 17.7 Å². The van der Waals surface area contributed by atoms with Gasteiger partial charge in [0.15, 0.2) is 11.6 Å². The van der Waals surface area contributed by atoms with E-state index in [9.17, 15) is 32.1 Å². The SMILES string of the molecule is CCCCNC(=O)c1cc(C(=O)CCCNC(=O)c2ccc(C(C)=O)cc2)cc(S(=O)(=O)[O-])c1.[Na+]. The van der Waals surface area contributed by atoms with Gasteiger partial charge in [-0.3, -0.25) is 19.2 Å². The van der Waals surface area contributed by atoms with Crippen molar-refractivity contribution in [1.82, 2.24) is 10.6 Å². The maximum absolute atomic E-state index is 12.6. The average Bonchev–Trinajstić information content (AvgIpc) is 2.80. The Labute approximate surface area is 227 Å². The van der Waals surface area contributed by atoms with Gasteiger partial charge < -0.3 is 15.2 Å². The Hall–Kier alpha value is -2.37. The third-order valence-electron chi connectivity index (χ3n) is 5.02. The minimum Gasteiger partial charge on any atom is -0.744 e. The molecule has 0 aliphatic heterocycles. The van der Waals surface area contributed by atoms with E-state index in [1.54, 1.807) is 12.1 Å². The number of nitrogens with one attached hydrogen (secondary N) is 2. The van der Waals surface area contributed by atoms with Crippen molar-refractivity contribution in [1.29, 1.82) is 0 Å². The summed E-state index contributed by atoms with van der Waals surface area (Å²) in [4.78, 5) is 47.8. The summed E-state index contributed by atoms with van der Waals surface area (Å²) in [5.41, 5.74) is 0.702. The van der Waals surface area contributed by atoms with E-state index >= 15 is 0 Å². The van der Waals surface area contributed by atoms with Crippen molar-refractivity contribution in [3.05, 3.63) is 64.7 Å². The van der Waals surface area contributed by atoms with Crippen molar-refractivity contribution < 1.29 is 61.7 Å². The molecule has 0 aromatic heterocycles. The smallest absolute Gasteiger partial charge is 0.744 e. The third kappa shape index (κ3) is 9.65. The maximum Gasteiger partial charge on any atom is 1.00 e. The zero-order valence-electron chi connectivity index (χ0n) is 20.1. The number of carbonyl (C=O) groups is 4. The molecule has 182 valence electrons. The van der Waals surface area contributed by atoms with Crippen LogP contribution in [-0.2, 0) is 10.1 Å². The molecule has 0 saturated heterocycles. The Balaban J connectivity index is 0.00000612. The van der Waals surface area contributed by atoms with Crippen molar-refractivity contribution in [2.45, 2.75) is 44.4 Å². The predicted molar refractivity (Wildman–Crippen MR) is 124 cm³/mol. The van der Waals surface area contributed by atoms with E-state index in [-0.39, 0.29) is 71.8 Å². The molecule has 2 N–H and O–H groups in total. The molecule has 2 aromatic rings. The van der Waals surface area contributed by atoms with Gasteiger partial charge in [0, 0.05) is 41.8 Å². The van der Waals surface area contributed by atoms with Crippen LogP contribution in [0.4, 0.5) is 0 Å². The maximum atomic E-state index is 12.6. The molecule has 0 aliphatic carbocycles. The van der Waals surface area contributed by atoms with Gasteiger partial charge in [-0.1, -0.05) is 25.5 Å². The summed E-state index contributed by atoms with van der Waals surface area (Å²) in [7, 11) is -4.88. The number of rotatable bonds is 12. The summed E-state index contributed by atoms with van der Waals surface area (Å²) in [6.07, 6.45) is 1.79. The quantitative estimate of drug-likeness (QED) is 0.173. The zero-order valence-corrected chi connectivity index (χ0v) is 22.9. The van der Waals surface area contributed by atoms with Gasteiger partial charge in [-0.05, 0) is 50.1 Å². The van der Waals surface area contributed by atoms with Crippen LogP contribution in [0.25, 0.3) is 0 Å². The molecule has 0 bridgehead atoms. The van der Waals surface area contributed by atoms with Crippen molar-refractivity contribution in [3.63, 3.8) is 0 Å². The van der Waals surface area contributed by atoms with E-state index in [4.69, 9.17) is 0 Å². The number of hydrogen-bond donors (Lipinski definition) is 2. The first-order valence-electron chi connectivity index (χ1n) is 10.8. The second-order valence-corrected chi connectivity index (χ2v) is 9.11. The number of ketones is 2. The molecule has 0 unspecified atom stereocenters. The largest absolute Gasteiger partial charge is 1.00 e. The molecular weight excluding hydrogens is 483 g/mol. The first-order valence-corrected chi connectivity index (χ1v) is 12.3. The van der Waals surface area contributed by atoms with E-state index in [2.05, 4.69) is 10.6 Å². The summed E-state index contributed by atoms with van der Waals surface area (Å²) in [5.74, 6) is -1.52. The fourth-order valence-corrected chi connectivity index (χ4v) is 3.61. The van der Waals surface area contributed by atoms with Crippen LogP contribution in [-0.4, -0.2) is 49.4 Å². The van der Waals surface area contributed by atoms with Gasteiger partial charge in [0.05, 0.1) is 4.90 Å². The molecule has 0 fully saturated rings. The van der Waals surface area contributed by atoms with Crippen molar-refractivity contribution in [2.24, 2.45) is 0 Å². The number of hydrogen-bond acceptors (Lipinski definition) is 7. The van der Waals surface area contributed by atoms with Crippen molar-refractivity contribution in [2.75, 3.05) is 13.1 Å². The minimum absolute atomic E-state index is 0. The van der Waals surface area contributed by atoms with Gasteiger partial charge in [-0.25, -0.2) is 8.42 Å². The average molecular weight is 511 g/mol. The standard InChI is InChI=1S/C24H28N2O7S.Na/c1-3-4-11-25-24(30)20-13-19(14-21(15-20)34(31,32)33)22(28)6-5-12-26-23(29)18-9-7-17(8-10-18)16(2)27;/h7-10,13-15H,3-6,11-12H2,1-2H3,(H,25,30)(H,26,29)(H,31,32,33);/q;+1/p-1. The summed E-state index contributed by atoms with van der Waals surface area (Å²) < 4.78 is 34.5. The van der Waals surface area contributed by atoms with Gasteiger partial charge in [0.1, 0.15) is 10.1 Å². The van der Waals surface area contributed by atoms with Crippen LogP contribution >= 0.6 is 0 Å². The Kier molecular flexibility index (Phi) is 12.5. The molecule has 0 aliphatic rings. The Morgan fingerprint density at radius 1 is 0.800 bits per heavy atom. The fraction of sp³-hybridized carbons (Fsp3) is 0.333. The third-order valence-corrected chi connectivity index (χ3v) is 5.83. The molecule has 2 rings (SSSR count). The Morgan fingerprint density at radius 2 is 1.31 bits per heavy atom. The summed E-state index contributed by atoms with van der Waals surface area (Å²) >= 11 is 0. The molecule has 0 spiro atoms. The topological polar surface area (TPSA) is 150 Å². The van der Waals surface area contributed by atoms with E-state index in [1.807, 2.05) is 6.92 Å². The molecule has 11 heteroatoms. The Bertz CT molecular complexity index is 1180. The van der Waals surface area contributed by atoms with Gasteiger partial charge in [0.25, 0.3) is 11.8 Å². The van der Waals surface area contributed by atoms with Gasteiger partial charge in [-0.2, -0.15) is 0 Å². The van der Waals surface area contributed by atoms with Gasteiger partial charge >= 0.3 is 29.6 Å². The molecule has 9 nitrogen and oxygen atoms in total. The van der Waals surface area contributed by atoms with Crippen LogP contribution < -0.4 is 40.2 Å².